The lowest BCUT2D eigenvalue weighted by atomic mass is 10.1. The van der Waals surface area contributed by atoms with Gasteiger partial charge in [-0.15, -0.1) is 0 Å². The number of carbonyl (C=O) groups excluding carboxylic acids is 1. The molecule has 90 valence electrons. The lowest BCUT2D eigenvalue weighted by molar-refractivity contribution is -0.116. The molecule has 4 nitrogen and oxygen atoms in total. The molecule has 1 aromatic carbocycles. The number of amides is 1. The Kier molecular flexibility index (Phi) is 4.61. The minimum Gasteiger partial charge on any atom is -0.396 e. The lowest BCUT2D eigenvalue weighted by Crippen LogP contribution is -2.13. The van der Waals surface area contributed by atoms with Gasteiger partial charge in [0.2, 0.25) is 5.91 Å². The quantitative estimate of drug-likeness (QED) is 0.835. The van der Waals surface area contributed by atoms with E-state index in [-0.39, 0.29) is 24.5 Å². The molecule has 0 spiro atoms. The fraction of sp³-hybridized carbons (Fsp3) is 0.333. The Bertz CT molecular complexity index is 466. The van der Waals surface area contributed by atoms with E-state index in [4.69, 9.17) is 10.4 Å². The molecule has 1 amide bonds. The van der Waals surface area contributed by atoms with Gasteiger partial charge in [-0.05, 0) is 25.5 Å². The molecule has 0 unspecified atom stereocenters. The fourth-order valence-electron chi connectivity index (χ4n) is 1.33. The molecule has 0 atom stereocenters. The van der Waals surface area contributed by atoms with Crippen molar-refractivity contribution >= 4 is 11.6 Å². The third-order valence-electron chi connectivity index (χ3n) is 2.31. The molecule has 1 aromatic rings. The molecular formula is C12H13FN2O2. The number of rotatable bonds is 4. The number of aliphatic hydroxyl groups excluding tert-OH is 1. The number of benzene rings is 1. The molecule has 2 N–H and O–H groups in total. The highest BCUT2D eigenvalue weighted by atomic mass is 19.1. The summed E-state index contributed by atoms with van der Waals surface area (Å²) >= 11 is 0. The number of carbonyl (C=O) groups is 1. The van der Waals surface area contributed by atoms with Crippen LogP contribution in [0.25, 0.3) is 0 Å². The molecule has 0 fully saturated rings. The van der Waals surface area contributed by atoms with E-state index in [0.717, 1.165) is 6.07 Å². The predicted molar refractivity (Wildman–Crippen MR) is 60.8 cm³/mol. The number of halogens is 1. The van der Waals surface area contributed by atoms with Crippen LogP contribution in [0.5, 0.6) is 0 Å². The van der Waals surface area contributed by atoms with Crippen molar-refractivity contribution in [3.8, 4) is 6.07 Å². The average Bonchev–Trinajstić information content (AvgIpc) is 2.32. The van der Waals surface area contributed by atoms with Gasteiger partial charge in [0.15, 0.2) is 0 Å². The van der Waals surface area contributed by atoms with Gasteiger partial charge in [-0.25, -0.2) is 4.39 Å². The maximum absolute atomic E-state index is 13.4. The van der Waals surface area contributed by atoms with Crippen molar-refractivity contribution in [3.05, 3.63) is 29.1 Å². The van der Waals surface area contributed by atoms with Crippen molar-refractivity contribution in [2.75, 3.05) is 11.9 Å². The molecule has 5 heteroatoms. The van der Waals surface area contributed by atoms with Gasteiger partial charge >= 0.3 is 0 Å². The first kappa shape index (κ1) is 13.1. The molecule has 1 rings (SSSR count). The van der Waals surface area contributed by atoms with E-state index < -0.39 is 5.82 Å². The van der Waals surface area contributed by atoms with E-state index in [2.05, 4.69) is 5.32 Å². The molecule has 17 heavy (non-hydrogen) atoms. The van der Waals surface area contributed by atoms with E-state index in [9.17, 15) is 9.18 Å². The summed E-state index contributed by atoms with van der Waals surface area (Å²) in [5.41, 5.74) is 0.747. The molecule has 0 radical (unpaired) electrons. The Morgan fingerprint density at radius 3 is 2.88 bits per heavy atom. The van der Waals surface area contributed by atoms with Gasteiger partial charge in [0.1, 0.15) is 5.82 Å². The molecule has 0 heterocycles. The zero-order chi connectivity index (χ0) is 12.8. The third kappa shape index (κ3) is 3.54. The van der Waals surface area contributed by atoms with Crippen LogP contribution in [0.2, 0.25) is 0 Å². The third-order valence-corrected chi connectivity index (χ3v) is 2.31. The lowest BCUT2D eigenvalue weighted by Gasteiger charge is -2.09. The van der Waals surface area contributed by atoms with Crippen LogP contribution in [0, 0.1) is 24.1 Å². The summed E-state index contributed by atoms with van der Waals surface area (Å²) in [4.78, 5) is 11.4. The van der Waals surface area contributed by atoms with Crippen molar-refractivity contribution < 1.29 is 14.3 Å². The highest BCUT2D eigenvalue weighted by Crippen LogP contribution is 2.20. The van der Waals surface area contributed by atoms with Crippen LogP contribution in [0.4, 0.5) is 10.1 Å². The molecule has 0 aliphatic heterocycles. The zero-order valence-electron chi connectivity index (χ0n) is 9.46. The first-order valence-electron chi connectivity index (χ1n) is 5.19. The monoisotopic (exact) mass is 236 g/mol. The van der Waals surface area contributed by atoms with Gasteiger partial charge < -0.3 is 10.4 Å². The van der Waals surface area contributed by atoms with Gasteiger partial charge in [-0.2, -0.15) is 5.26 Å². The average molecular weight is 236 g/mol. The number of aliphatic hydroxyl groups is 1. The van der Waals surface area contributed by atoms with Gasteiger partial charge in [-0.3, -0.25) is 4.79 Å². The second-order valence-corrected chi connectivity index (χ2v) is 3.62. The standard InChI is InChI=1S/C12H13FN2O2/c1-8-10(13)5-9(7-14)6-11(8)15-12(17)3-2-4-16/h5-6,16H,2-4H2,1H3,(H,15,17). The van der Waals surface area contributed by atoms with Crippen LogP contribution in [0.3, 0.4) is 0 Å². The molecule has 0 aliphatic carbocycles. The smallest absolute Gasteiger partial charge is 0.224 e. The maximum atomic E-state index is 13.4. The summed E-state index contributed by atoms with van der Waals surface area (Å²) in [6.45, 7) is 1.46. The molecule has 0 aliphatic rings. The van der Waals surface area contributed by atoms with E-state index in [0.29, 0.717) is 17.7 Å². The van der Waals surface area contributed by atoms with Gasteiger partial charge in [0, 0.05) is 24.3 Å². The minimum absolute atomic E-state index is 0.0704. The van der Waals surface area contributed by atoms with E-state index >= 15 is 0 Å². The second kappa shape index (κ2) is 5.97. The number of anilines is 1. The summed E-state index contributed by atoms with van der Waals surface area (Å²) < 4.78 is 13.4. The largest absolute Gasteiger partial charge is 0.396 e. The summed E-state index contributed by atoms with van der Waals surface area (Å²) in [5, 5.41) is 19.8. The maximum Gasteiger partial charge on any atom is 0.224 e. The molecule has 0 saturated carbocycles. The molecule has 0 saturated heterocycles. The highest BCUT2D eigenvalue weighted by Gasteiger charge is 2.09. The van der Waals surface area contributed by atoms with Crippen LogP contribution in [0.15, 0.2) is 12.1 Å². The van der Waals surface area contributed by atoms with Crippen LogP contribution in [-0.2, 0) is 4.79 Å². The molecular weight excluding hydrogens is 223 g/mol. The summed E-state index contributed by atoms with van der Waals surface area (Å²) in [6.07, 6.45) is 0.514. The van der Waals surface area contributed by atoms with Crippen molar-refractivity contribution in [2.24, 2.45) is 0 Å². The van der Waals surface area contributed by atoms with Crippen molar-refractivity contribution in [1.29, 1.82) is 5.26 Å². The van der Waals surface area contributed by atoms with E-state index in [1.54, 1.807) is 0 Å². The van der Waals surface area contributed by atoms with Gasteiger partial charge in [0.25, 0.3) is 0 Å². The van der Waals surface area contributed by atoms with Crippen LogP contribution in [0.1, 0.15) is 24.0 Å². The van der Waals surface area contributed by atoms with Gasteiger partial charge in [0.05, 0.1) is 11.6 Å². The fourth-order valence-corrected chi connectivity index (χ4v) is 1.33. The van der Waals surface area contributed by atoms with Crippen LogP contribution < -0.4 is 5.32 Å². The van der Waals surface area contributed by atoms with Crippen molar-refractivity contribution in [2.45, 2.75) is 19.8 Å². The summed E-state index contributed by atoms with van der Waals surface area (Å²) in [6, 6.07) is 4.37. The van der Waals surface area contributed by atoms with Crippen LogP contribution in [-0.4, -0.2) is 17.6 Å². The Balaban J connectivity index is 2.87. The topological polar surface area (TPSA) is 73.1 Å². The predicted octanol–water partition coefficient (Wildman–Crippen LogP) is 1.72. The second-order valence-electron chi connectivity index (χ2n) is 3.62. The van der Waals surface area contributed by atoms with Crippen molar-refractivity contribution in [1.82, 2.24) is 0 Å². The highest BCUT2D eigenvalue weighted by molar-refractivity contribution is 5.91. The number of hydrogen-bond donors (Lipinski definition) is 2. The Morgan fingerprint density at radius 2 is 2.29 bits per heavy atom. The minimum atomic E-state index is -0.526. The number of nitrogens with zero attached hydrogens (tertiary/aromatic N) is 1. The summed E-state index contributed by atoms with van der Waals surface area (Å²) in [5.74, 6) is -0.835. The first-order chi connectivity index (χ1) is 8.08. The van der Waals surface area contributed by atoms with E-state index in [1.807, 2.05) is 6.07 Å². The van der Waals surface area contributed by atoms with Crippen molar-refractivity contribution in [3.63, 3.8) is 0 Å². The Labute approximate surface area is 98.7 Å². The number of nitrogens with one attached hydrogen (secondary N) is 1. The first-order valence-corrected chi connectivity index (χ1v) is 5.19. The summed E-state index contributed by atoms with van der Waals surface area (Å²) in [7, 11) is 0. The zero-order valence-corrected chi connectivity index (χ0v) is 9.46. The van der Waals surface area contributed by atoms with Crippen LogP contribution >= 0.6 is 0 Å². The SMILES string of the molecule is Cc1c(F)cc(C#N)cc1NC(=O)CCCO. The Morgan fingerprint density at radius 1 is 1.59 bits per heavy atom. The normalized spacial score (nSPS) is 9.76. The molecule has 0 bridgehead atoms. The van der Waals surface area contributed by atoms with Gasteiger partial charge in [-0.1, -0.05) is 0 Å². The Hall–Kier alpha value is -1.93. The molecule has 0 aromatic heterocycles. The number of nitriles is 1. The number of hydrogen-bond acceptors (Lipinski definition) is 3. The van der Waals surface area contributed by atoms with E-state index in [1.165, 1.54) is 13.0 Å².